The van der Waals surface area contributed by atoms with Gasteiger partial charge in [0, 0.05) is 36.8 Å². The summed E-state index contributed by atoms with van der Waals surface area (Å²) >= 11 is 1.97. The fraction of sp³-hybridized carbons (Fsp3) is 0.923. The number of thioether (sulfide) groups is 1. The highest BCUT2D eigenvalue weighted by molar-refractivity contribution is 7.99. The van der Waals surface area contributed by atoms with Gasteiger partial charge < -0.3 is 20.3 Å². The molecule has 0 aromatic rings. The first kappa shape index (κ1) is 15.1. The van der Waals surface area contributed by atoms with Crippen LogP contribution >= 0.6 is 11.8 Å². The van der Waals surface area contributed by atoms with E-state index in [-0.39, 0.29) is 17.5 Å². The van der Waals surface area contributed by atoms with Gasteiger partial charge in [-0.15, -0.1) is 0 Å². The predicted octanol–water partition coefficient (Wildman–Crippen LogP) is -0.0816. The average Bonchev–Trinajstić information content (AvgIpc) is 2.88. The number of carbonyl (C=O) groups is 1. The van der Waals surface area contributed by atoms with Gasteiger partial charge in [0.25, 0.3) is 0 Å². The van der Waals surface area contributed by atoms with Gasteiger partial charge in [-0.25, -0.2) is 0 Å². The highest BCUT2D eigenvalue weighted by atomic mass is 32.2. The van der Waals surface area contributed by atoms with Crippen LogP contribution in [0.25, 0.3) is 0 Å². The minimum Gasteiger partial charge on any atom is -0.378 e. The molecule has 0 aromatic heterocycles. The van der Waals surface area contributed by atoms with Crippen molar-refractivity contribution in [2.45, 2.75) is 24.4 Å². The van der Waals surface area contributed by atoms with E-state index in [1.54, 1.807) is 0 Å². The molecule has 19 heavy (non-hydrogen) atoms. The molecule has 2 heterocycles. The van der Waals surface area contributed by atoms with Gasteiger partial charge in [-0.05, 0) is 26.3 Å². The van der Waals surface area contributed by atoms with Crippen LogP contribution in [-0.2, 0) is 9.53 Å². The summed E-state index contributed by atoms with van der Waals surface area (Å²) in [7, 11) is 4.21. The lowest BCUT2D eigenvalue weighted by Gasteiger charge is -2.36. The number of hydrogen-bond donors (Lipinski definition) is 2. The molecule has 2 saturated heterocycles. The van der Waals surface area contributed by atoms with Crippen molar-refractivity contribution in [3.8, 4) is 0 Å². The second-order valence-electron chi connectivity index (χ2n) is 5.63. The Balaban J connectivity index is 1.75. The number of rotatable bonds is 5. The summed E-state index contributed by atoms with van der Waals surface area (Å²) in [5.41, 5.74) is 0.136. The number of nitrogens with one attached hydrogen (secondary N) is 2. The maximum Gasteiger partial charge on any atom is 0.221 e. The summed E-state index contributed by atoms with van der Waals surface area (Å²) in [5.74, 6) is 2.41. The summed E-state index contributed by atoms with van der Waals surface area (Å²) < 4.78 is 5.36. The summed E-state index contributed by atoms with van der Waals surface area (Å²) in [4.78, 5) is 14.3. The molecule has 0 aliphatic carbocycles. The van der Waals surface area contributed by atoms with Crippen LogP contribution in [0.3, 0.4) is 0 Å². The van der Waals surface area contributed by atoms with Crippen molar-refractivity contribution in [3.05, 3.63) is 0 Å². The van der Waals surface area contributed by atoms with Gasteiger partial charge in [-0.2, -0.15) is 11.8 Å². The van der Waals surface area contributed by atoms with Crippen molar-refractivity contribution in [2.75, 3.05) is 51.9 Å². The number of carbonyl (C=O) groups excluding carboxylic acids is 1. The molecular weight excluding hydrogens is 262 g/mol. The topological polar surface area (TPSA) is 53.6 Å². The Morgan fingerprint density at radius 2 is 2.42 bits per heavy atom. The summed E-state index contributed by atoms with van der Waals surface area (Å²) in [6.45, 7) is 2.98. The average molecular weight is 287 g/mol. The van der Waals surface area contributed by atoms with Crippen LogP contribution in [0.5, 0.6) is 0 Å². The van der Waals surface area contributed by atoms with Crippen molar-refractivity contribution in [1.82, 2.24) is 15.5 Å². The molecule has 2 atom stereocenters. The molecule has 1 amide bonds. The molecule has 2 aliphatic heterocycles. The SMILES string of the molecule is CN(C)C1(CNC(=O)CC2COCCN2)CCSC1. The van der Waals surface area contributed by atoms with E-state index in [2.05, 4.69) is 29.6 Å². The van der Waals surface area contributed by atoms with Crippen molar-refractivity contribution in [3.63, 3.8) is 0 Å². The summed E-state index contributed by atoms with van der Waals surface area (Å²) in [5, 5.41) is 6.41. The van der Waals surface area contributed by atoms with Gasteiger partial charge in [-0.1, -0.05) is 0 Å². The highest BCUT2D eigenvalue weighted by Crippen LogP contribution is 2.31. The Kier molecular flexibility index (Phi) is 5.50. The van der Waals surface area contributed by atoms with E-state index in [0.29, 0.717) is 13.0 Å². The molecule has 110 valence electrons. The van der Waals surface area contributed by atoms with Crippen LogP contribution in [0.15, 0.2) is 0 Å². The molecule has 0 spiro atoms. The number of likely N-dealkylation sites (N-methyl/N-ethyl adjacent to an activating group) is 1. The number of nitrogens with zero attached hydrogens (tertiary/aromatic N) is 1. The smallest absolute Gasteiger partial charge is 0.221 e. The summed E-state index contributed by atoms with van der Waals surface area (Å²) in [6.07, 6.45) is 1.66. The fourth-order valence-electron chi connectivity index (χ4n) is 2.56. The zero-order chi connectivity index (χ0) is 13.7. The maximum atomic E-state index is 12.0. The molecule has 2 fully saturated rings. The van der Waals surface area contributed by atoms with Gasteiger partial charge in [0.1, 0.15) is 0 Å². The third-order valence-corrected chi connectivity index (χ3v) is 5.31. The molecule has 0 aromatic carbocycles. The Hall–Kier alpha value is -0.300. The molecule has 6 heteroatoms. The highest BCUT2D eigenvalue weighted by Gasteiger charge is 2.36. The molecule has 0 saturated carbocycles. The normalized spacial score (nSPS) is 31.6. The van der Waals surface area contributed by atoms with Gasteiger partial charge >= 0.3 is 0 Å². The van der Waals surface area contributed by atoms with Gasteiger partial charge in [-0.3, -0.25) is 4.79 Å². The van der Waals surface area contributed by atoms with Gasteiger partial charge in [0.15, 0.2) is 0 Å². The van der Waals surface area contributed by atoms with E-state index in [1.807, 2.05) is 11.8 Å². The molecule has 2 rings (SSSR count). The first-order valence-electron chi connectivity index (χ1n) is 6.95. The Labute approximate surface area is 119 Å². The number of ether oxygens (including phenoxy) is 1. The third kappa shape index (κ3) is 4.08. The van der Waals surface area contributed by atoms with Crippen LogP contribution in [-0.4, -0.2) is 74.3 Å². The first-order chi connectivity index (χ1) is 9.12. The van der Waals surface area contributed by atoms with E-state index >= 15 is 0 Å². The predicted molar refractivity (Wildman–Crippen MR) is 78.6 cm³/mol. The number of morpholine rings is 1. The number of amides is 1. The lowest BCUT2D eigenvalue weighted by molar-refractivity contribution is -0.122. The van der Waals surface area contributed by atoms with Gasteiger partial charge in [0.05, 0.1) is 13.2 Å². The minimum absolute atomic E-state index is 0.126. The molecular formula is C13H25N3O2S. The largest absolute Gasteiger partial charge is 0.378 e. The van der Waals surface area contributed by atoms with E-state index in [4.69, 9.17) is 4.74 Å². The zero-order valence-corrected chi connectivity index (χ0v) is 12.7. The molecule has 0 radical (unpaired) electrons. The Bertz CT molecular complexity index is 300. The quantitative estimate of drug-likeness (QED) is 0.741. The fourth-order valence-corrected chi connectivity index (χ4v) is 4.11. The van der Waals surface area contributed by atoms with Crippen molar-refractivity contribution in [1.29, 1.82) is 0 Å². The van der Waals surface area contributed by atoms with Crippen LogP contribution in [0.1, 0.15) is 12.8 Å². The number of hydrogen-bond acceptors (Lipinski definition) is 5. The lowest BCUT2D eigenvalue weighted by Crippen LogP contribution is -2.53. The molecule has 2 aliphatic rings. The van der Waals surface area contributed by atoms with Crippen LogP contribution in [0, 0.1) is 0 Å². The monoisotopic (exact) mass is 287 g/mol. The Morgan fingerprint density at radius 3 is 3.00 bits per heavy atom. The van der Waals surface area contributed by atoms with Crippen molar-refractivity contribution >= 4 is 17.7 Å². The van der Waals surface area contributed by atoms with Crippen LogP contribution in [0.2, 0.25) is 0 Å². The second-order valence-corrected chi connectivity index (χ2v) is 6.73. The standard InChI is InChI=1S/C13H25N3O2S/c1-16(2)13(3-6-19-10-13)9-15-12(17)7-11-8-18-5-4-14-11/h11,14H,3-10H2,1-2H3,(H,15,17). The molecule has 2 N–H and O–H groups in total. The van der Waals surface area contributed by atoms with E-state index < -0.39 is 0 Å². The first-order valence-corrected chi connectivity index (χ1v) is 8.11. The van der Waals surface area contributed by atoms with E-state index in [0.717, 1.165) is 31.9 Å². The zero-order valence-electron chi connectivity index (χ0n) is 11.9. The van der Waals surface area contributed by atoms with Crippen LogP contribution in [0.4, 0.5) is 0 Å². The lowest BCUT2D eigenvalue weighted by atomic mass is 9.97. The molecule has 2 unspecified atom stereocenters. The van der Waals surface area contributed by atoms with Crippen molar-refractivity contribution in [2.24, 2.45) is 0 Å². The maximum absolute atomic E-state index is 12.0. The third-order valence-electron chi connectivity index (χ3n) is 4.08. The van der Waals surface area contributed by atoms with E-state index in [1.165, 1.54) is 5.75 Å². The van der Waals surface area contributed by atoms with Crippen molar-refractivity contribution < 1.29 is 9.53 Å². The van der Waals surface area contributed by atoms with Gasteiger partial charge in [0.2, 0.25) is 5.91 Å². The van der Waals surface area contributed by atoms with E-state index in [9.17, 15) is 4.79 Å². The summed E-state index contributed by atoms with van der Waals surface area (Å²) in [6, 6.07) is 0.169. The molecule has 5 nitrogen and oxygen atoms in total. The molecule has 0 bridgehead atoms. The van der Waals surface area contributed by atoms with Crippen LogP contribution < -0.4 is 10.6 Å². The Morgan fingerprint density at radius 1 is 1.58 bits per heavy atom. The minimum atomic E-state index is 0.126. The second kappa shape index (κ2) is 6.92.